The lowest BCUT2D eigenvalue weighted by atomic mass is 10.0. The zero-order valence-corrected chi connectivity index (χ0v) is 8.52. The van der Waals surface area contributed by atoms with Gasteiger partial charge in [-0.2, -0.15) is 0 Å². The Labute approximate surface area is 75.7 Å². The summed E-state index contributed by atoms with van der Waals surface area (Å²) in [5, 5.41) is 0. The molecule has 12 heavy (non-hydrogen) atoms. The van der Waals surface area contributed by atoms with E-state index in [-0.39, 0.29) is 0 Å². The van der Waals surface area contributed by atoms with Crippen molar-refractivity contribution in [3.8, 4) is 0 Å². The van der Waals surface area contributed by atoms with Crippen LogP contribution in [-0.4, -0.2) is 6.54 Å². The molecule has 0 aromatic heterocycles. The lowest BCUT2D eigenvalue weighted by molar-refractivity contribution is 1.13. The van der Waals surface area contributed by atoms with Gasteiger partial charge in [0.15, 0.2) is 0 Å². The number of nitrogens with two attached hydrogens (primary N) is 1. The fourth-order valence-corrected chi connectivity index (χ4v) is 1.14. The first-order valence-corrected chi connectivity index (χ1v) is 4.33. The molecule has 0 saturated heterocycles. The molecule has 0 aliphatic rings. The highest BCUT2D eigenvalue weighted by atomic mass is 14.5. The summed E-state index contributed by atoms with van der Waals surface area (Å²) in [6.07, 6.45) is 6.22. The van der Waals surface area contributed by atoms with Crippen molar-refractivity contribution in [1.29, 1.82) is 0 Å². The van der Waals surface area contributed by atoms with Gasteiger partial charge in [-0.15, -0.1) is 0 Å². The Morgan fingerprint density at radius 2 is 1.83 bits per heavy atom. The molecule has 2 N–H and O–H groups in total. The summed E-state index contributed by atoms with van der Waals surface area (Å²) in [5.74, 6) is 0. The predicted molar refractivity (Wildman–Crippen MR) is 56.0 cm³/mol. The maximum absolute atomic E-state index is 5.62. The molecule has 0 fully saturated rings. The summed E-state index contributed by atoms with van der Waals surface area (Å²) in [7, 11) is 0. The molecule has 0 aliphatic carbocycles. The third-order valence-electron chi connectivity index (χ3n) is 1.79. The molecule has 0 aromatic carbocycles. The van der Waals surface area contributed by atoms with E-state index in [1.807, 2.05) is 19.9 Å². The van der Waals surface area contributed by atoms with E-state index in [4.69, 9.17) is 5.73 Å². The lowest BCUT2D eigenvalue weighted by Crippen LogP contribution is -2.05. The van der Waals surface area contributed by atoms with Crippen LogP contribution in [-0.2, 0) is 0 Å². The molecule has 0 spiro atoms. The van der Waals surface area contributed by atoms with E-state index < -0.39 is 0 Å². The topological polar surface area (TPSA) is 26.0 Å². The fraction of sp³-hybridized carbons (Fsp3) is 0.455. The van der Waals surface area contributed by atoms with Gasteiger partial charge in [0.25, 0.3) is 0 Å². The number of allylic oxidation sites excluding steroid dienone is 4. The quantitative estimate of drug-likeness (QED) is 0.639. The Bertz CT molecular complexity index is 215. The molecule has 0 atom stereocenters. The van der Waals surface area contributed by atoms with Gasteiger partial charge in [-0.25, -0.2) is 0 Å². The van der Waals surface area contributed by atoms with Crippen LogP contribution in [0.25, 0.3) is 0 Å². The SMILES string of the molecule is CC=CC(C(=CC)CN)=C(C)C. The zero-order chi connectivity index (χ0) is 9.56. The van der Waals surface area contributed by atoms with Gasteiger partial charge in [-0.3, -0.25) is 0 Å². The molecular weight excluding hydrogens is 146 g/mol. The van der Waals surface area contributed by atoms with Gasteiger partial charge < -0.3 is 5.73 Å². The molecule has 0 unspecified atom stereocenters. The van der Waals surface area contributed by atoms with E-state index in [2.05, 4.69) is 26.0 Å². The molecule has 0 saturated carbocycles. The molecule has 0 heterocycles. The van der Waals surface area contributed by atoms with Crippen molar-refractivity contribution in [2.24, 2.45) is 5.73 Å². The minimum absolute atomic E-state index is 0.612. The minimum atomic E-state index is 0.612. The van der Waals surface area contributed by atoms with Crippen LogP contribution in [0.1, 0.15) is 27.7 Å². The monoisotopic (exact) mass is 165 g/mol. The Morgan fingerprint density at radius 3 is 2.08 bits per heavy atom. The minimum Gasteiger partial charge on any atom is -0.326 e. The first-order valence-electron chi connectivity index (χ1n) is 4.33. The zero-order valence-electron chi connectivity index (χ0n) is 8.52. The van der Waals surface area contributed by atoms with Gasteiger partial charge in [-0.1, -0.05) is 23.8 Å². The molecule has 0 aromatic rings. The van der Waals surface area contributed by atoms with Crippen LogP contribution in [0.5, 0.6) is 0 Å². The highest BCUT2D eigenvalue weighted by molar-refractivity contribution is 5.42. The molecule has 0 rings (SSSR count). The molecule has 68 valence electrons. The molecular formula is C11H19N. The highest BCUT2D eigenvalue weighted by Gasteiger charge is 1.99. The molecule has 1 nitrogen and oxygen atoms in total. The highest BCUT2D eigenvalue weighted by Crippen LogP contribution is 2.14. The van der Waals surface area contributed by atoms with E-state index in [0.29, 0.717) is 6.54 Å². The van der Waals surface area contributed by atoms with E-state index in [0.717, 1.165) is 0 Å². The maximum atomic E-state index is 5.62. The van der Waals surface area contributed by atoms with E-state index >= 15 is 0 Å². The van der Waals surface area contributed by atoms with Crippen LogP contribution in [0.3, 0.4) is 0 Å². The number of hydrogen-bond donors (Lipinski definition) is 1. The van der Waals surface area contributed by atoms with Crippen LogP contribution in [0.2, 0.25) is 0 Å². The second-order valence-electron chi connectivity index (χ2n) is 2.93. The summed E-state index contributed by atoms with van der Waals surface area (Å²) in [6.45, 7) is 8.87. The summed E-state index contributed by atoms with van der Waals surface area (Å²) < 4.78 is 0. The standard InChI is InChI=1S/C11H19N/c1-5-7-11(9(3)4)10(6-2)8-12/h5-7H,8,12H2,1-4H3. The smallest absolute Gasteiger partial charge is 0.0180 e. The maximum Gasteiger partial charge on any atom is 0.0180 e. The van der Waals surface area contributed by atoms with Crippen LogP contribution >= 0.6 is 0 Å². The third-order valence-corrected chi connectivity index (χ3v) is 1.79. The largest absolute Gasteiger partial charge is 0.326 e. The van der Waals surface area contributed by atoms with Gasteiger partial charge in [0.05, 0.1) is 0 Å². The summed E-state index contributed by atoms with van der Waals surface area (Å²) in [5.41, 5.74) is 9.41. The van der Waals surface area contributed by atoms with Crippen molar-refractivity contribution in [2.75, 3.05) is 6.54 Å². The van der Waals surface area contributed by atoms with Crippen molar-refractivity contribution in [1.82, 2.24) is 0 Å². The van der Waals surface area contributed by atoms with Crippen molar-refractivity contribution in [3.05, 3.63) is 34.9 Å². The summed E-state index contributed by atoms with van der Waals surface area (Å²) >= 11 is 0. The van der Waals surface area contributed by atoms with Crippen molar-refractivity contribution in [3.63, 3.8) is 0 Å². The van der Waals surface area contributed by atoms with Crippen LogP contribution < -0.4 is 5.73 Å². The van der Waals surface area contributed by atoms with Gasteiger partial charge in [0.2, 0.25) is 0 Å². The second-order valence-corrected chi connectivity index (χ2v) is 2.93. The fourth-order valence-electron chi connectivity index (χ4n) is 1.14. The molecule has 0 bridgehead atoms. The number of hydrogen-bond acceptors (Lipinski definition) is 1. The van der Waals surface area contributed by atoms with Gasteiger partial charge in [0.1, 0.15) is 0 Å². The van der Waals surface area contributed by atoms with Gasteiger partial charge in [0, 0.05) is 6.54 Å². The Hall–Kier alpha value is -0.820. The molecule has 0 aliphatic heterocycles. The van der Waals surface area contributed by atoms with Gasteiger partial charge in [-0.05, 0) is 38.8 Å². The van der Waals surface area contributed by atoms with Crippen LogP contribution in [0.15, 0.2) is 34.9 Å². The van der Waals surface area contributed by atoms with Crippen molar-refractivity contribution < 1.29 is 0 Å². The molecule has 0 amide bonds. The summed E-state index contributed by atoms with van der Waals surface area (Å²) in [6, 6.07) is 0. The first-order chi connectivity index (χ1) is 5.67. The summed E-state index contributed by atoms with van der Waals surface area (Å²) in [4.78, 5) is 0. The van der Waals surface area contributed by atoms with Crippen LogP contribution in [0.4, 0.5) is 0 Å². The Balaban J connectivity index is 4.88. The van der Waals surface area contributed by atoms with E-state index in [9.17, 15) is 0 Å². The van der Waals surface area contributed by atoms with Gasteiger partial charge >= 0.3 is 0 Å². The second kappa shape index (κ2) is 5.78. The van der Waals surface area contributed by atoms with E-state index in [1.54, 1.807) is 0 Å². The van der Waals surface area contributed by atoms with Crippen molar-refractivity contribution >= 4 is 0 Å². The number of rotatable bonds is 3. The van der Waals surface area contributed by atoms with E-state index in [1.165, 1.54) is 16.7 Å². The third kappa shape index (κ3) is 3.05. The Morgan fingerprint density at radius 1 is 1.25 bits per heavy atom. The van der Waals surface area contributed by atoms with Crippen molar-refractivity contribution in [2.45, 2.75) is 27.7 Å². The average Bonchev–Trinajstić information content (AvgIpc) is 2.05. The normalized spacial score (nSPS) is 12.2. The Kier molecular flexibility index (Phi) is 5.39. The lowest BCUT2D eigenvalue weighted by Gasteiger charge is -2.07. The predicted octanol–water partition coefficient (Wildman–Crippen LogP) is 2.80. The molecule has 1 heteroatoms. The average molecular weight is 165 g/mol. The van der Waals surface area contributed by atoms with Crippen LogP contribution in [0, 0.1) is 0 Å². The first kappa shape index (κ1) is 11.2. The molecule has 0 radical (unpaired) electrons.